The molecular weight excluding hydrogens is 2490 g/mol. The smallest absolute Gasteiger partial charge is 0.347 e. The van der Waals surface area contributed by atoms with Gasteiger partial charge in [-0.15, -0.1) is 130 Å². The molecule has 14 heterocycles. The van der Waals surface area contributed by atoms with E-state index in [2.05, 4.69) is 313 Å². The Bertz CT molecular complexity index is 8500. The van der Waals surface area contributed by atoms with Crippen molar-refractivity contribution in [2.24, 2.45) is 0 Å². The normalized spacial score (nSPS) is 11.3. The van der Waals surface area contributed by atoms with Crippen LogP contribution >= 0.6 is 11.3 Å². The summed E-state index contributed by atoms with van der Waals surface area (Å²) in [6.07, 6.45) is 24.3. The van der Waals surface area contributed by atoms with E-state index in [-0.39, 0.29) is 106 Å². The molecular formula is C105H65F3Ir5N13S-5. The predicted molar refractivity (Wildman–Crippen MR) is 487 cm³/mol. The third kappa shape index (κ3) is 15.6. The van der Waals surface area contributed by atoms with E-state index in [0.717, 1.165) is 88.5 Å². The quantitative estimate of drug-likeness (QED) is 0.154. The SMILES string of the molecule is Cc1ccc(-c2cc[c-]c3c2ccn2ccnc32)s1.FC(F)(F)c1ccccc1-c1cnc2c3[c-]cccc3ccn12.[Ir].[Ir].[Ir].[Ir].[Ir].[c-]1ccc(-c2ccc3c(c2)c2ccccc2n3-c2ccccc2)c2ccn3ccnc3c12.[c-]1ccc(-n2c3ccccc3c3ccccc32)c2ccn3ccnc3c12.[c-]1ccc(-n2ccc3ccccc32)c2ccn3ccnc3c12. The number of aryl methyl sites for hydroxylation is 1. The molecule has 5 radical (unpaired) electrons. The summed E-state index contributed by atoms with van der Waals surface area (Å²) < 4.78 is 56.5. The van der Waals surface area contributed by atoms with Crippen LogP contribution in [0.25, 0.3) is 186 Å². The monoisotopic (exact) mass is 2560 g/mol. The van der Waals surface area contributed by atoms with Crippen molar-refractivity contribution in [2.45, 2.75) is 13.1 Å². The summed E-state index contributed by atoms with van der Waals surface area (Å²) in [5, 5.41) is 16.9. The van der Waals surface area contributed by atoms with Crippen LogP contribution < -0.4 is 0 Å². The third-order valence-corrected chi connectivity index (χ3v) is 23.8. The van der Waals surface area contributed by atoms with Gasteiger partial charge in [0.15, 0.2) is 0 Å². The van der Waals surface area contributed by atoms with E-state index < -0.39 is 11.7 Å². The maximum Gasteiger partial charge on any atom is 0.417 e. The fraction of sp³-hybridized carbons (Fsp3) is 0.0190. The molecule has 26 aromatic rings. The first-order valence-corrected chi connectivity index (χ1v) is 40.6. The number of benzene rings is 12. The summed E-state index contributed by atoms with van der Waals surface area (Å²) >= 11 is 1.82. The van der Waals surface area contributed by atoms with Gasteiger partial charge in [0.05, 0.1) is 67.1 Å². The molecule has 127 heavy (non-hydrogen) atoms. The zero-order valence-corrected chi connectivity index (χ0v) is 79.6. The first kappa shape index (κ1) is 86.4. The van der Waals surface area contributed by atoms with Crippen LogP contribution in [0.3, 0.4) is 0 Å². The molecule has 12 aromatic carbocycles. The summed E-state index contributed by atoms with van der Waals surface area (Å²) in [5.41, 5.74) is 17.4. The number of halogens is 3. The molecule has 13 nitrogen and oxygen atoms in total. The van der Waals surface area contributed by atoms with Gasteiger partial charge in [0.2, 0.25) is 0 Å². The number of aromatic nitrogens is 13. The van der Waals surface area contributed by atoms with Crippen molar-refractivity contribution in [3.8, 4) is 49.9 Å². The van der Waals surface area contributed by atoms with Gasteiger partial charge < -0.3 is 35.7 Å². The van der Waals surface area contributed by atoms with Crippen LogP contribution in [0.5, 0.6) is 0 Å². The topological polar surface area (TPSA) is 101 Å². The van der Waals surface area contributed by atoms with E-state index in [9.17, 15) is 13.2 Å². The van der Waals surface area contributed by atoms with Gasteiger partial charge in [-0.05, 0) is 133 Å². The molecule has 0 unspecified atom stereocenters. The molecule has 22 heteroatoms. The second kappa shape index (κ2) is 36.3. The third-order valence-electron chi connectivity index (χ3n) is 22.8. The largest absolute Gasteiger partial charge is 0.417 e. The van der Waals surface area contributed by atoms with Crippen LogP contribution in [0.4, 0.5) is 13.2 Å². The maximum absolute atomic E-state index is 13.3. The Balaban J connectivity index is 0.000000112. The molecule has 0 fully saturated rings. The molecule has 0 saturated carbocycles. The number of nitrogens with zero attached hydrogens (tertiary/aromatic N) is 13. The van der Waals surface area contributed by atoms with E-state index in [0.29, 0.717) is 11.3 Å². The van der Waals surface area contributed by atoms with Gasteiger partial charge in [0.25, 0.3) is 0 Å². The first-order valence-electron chi connectivity index (χ1n) is 39.8. The Hall–Kier alpha value is -12.7. The van der Waals surface area contributed by atoms with E-state index in [1.807, 2.05) is 127 Å². The molecule has 0 aliphatic heterocycles. The Kier molecular flexibility index (Phi) is 24.7. The van der Waals surface area contributed by atoms with E-state index in [1.165, 1.54) is 110 Å². The first-order chi connectivity index (χ1) is 60.1. The fourth-order valence-electron chi connectivity index (χ4n) is 17.3. The number of imidazole rings is 5. The van der Waals surface area contributed by atoms with Crippen molar-refractivity contribution in [3.63, 3.8) is 0 Å². The Labute approximate surface area is 796 Å². The van der Waals surface area contributed by atoms with E-state index in [1.54, 1.807) is 22.7 Å². The Morgan fingerprint density at radius 1 is 0.315 bits per heavy atom. The predicted octanol–water partition coefficient (Wildman–Crippen LogP) is 26.0. The molecule has 627 valence electrons. The summed E-state index contributed by atoms with van der Waals surface area (Å²) in [6, 6.07) is 113. The summed E-state index contributed by atoms with van der Waals surface area (Å²) in [5.74, 6) is 0. The average Bonchev–Trinajstić information content (AvgIpc) is 1.46. The fourth-order valence-corrected chi connectivity index (χ4v) is 18.2. The zero-order valence-electron chi connectivity index (χ0n) is 66.8. The van der Waals surface area contributed by atoms with Gasteiger partial charge in [0, 0.05) is 205 Å². The number of hydrogen-bond donors (Lipinski definition) is 0. The summed E-state index contributed by atoms with van der Waals surface area (Å²) in [6.45, 7) is 2.14. The van der Waals surface area contributed by atoms with Crippen LogP contribution in [0.1, 0.15) is 10.4 Å². The van der Waals surface area contributed by atoms with Crippen molar-refractivity contribution >= 4 is 148 Å². The van der Waals surface area contributed by atoms with Gasteiger partial charge >= 0.3 is 6.18 Å². The van der Waals surface area contributed by atoms with Crippen molar-refractivity contribution < 1.29 is 114 Å². The number of para-hydroxylation sites is 5. The second-order valence-electron chi connectivity index (χ2n) is 29.7. The molecule has 0 spiro atoms. The molecule has 0 aliphatic carbocycles. The minimum Gasteiger partial charge on any atom is -0.347 e. The second-order valence-corrected chi connectivity index (χ2v) is 31.0. The summed E-state index contributed by atoms with van der Waals surface area (Å²) in [4.78, 5) is 24.9. The van der Waals surface area contributed by atoms with Crippen molar-refractivity contribution in [1.29, 1.82) is 0 Å². The number of fused-ring (bicyclic) bond motifs is 22. The number of alkyl halides is 3. The summed E-state index contributed by atoms with van der Waals surface area (Å²) in [7, 11) is 0. The number of thiophene rings is 1. The Morgan fingerprint density at radius 2 is 0.780 bits per heavy atom. The minimum absolute atomic E-state index is 0. The van der Waals surface area contributed by atoms with Gasteiger partial charge in [0.1, 0.15) is 0 Å². The van der Waals surface area contributed by atoms with E-state index in [4.69, 9.17) is 0 Å². The molecule has 0 bridgehead atoms. The molecule has 0 atom stereocenters. The van der Waals surface area contributed by atoms with Crippen LogP contribution in [0.2, 0.25) is 0 Å². The van der Waals surface area contributed by atoms with Gasteiger partial charge in [-0.3, -0.25) is 24.9 Å². The Morgan fingerprint density at radius 3 is 1.37 bits per heavy atom. The van der Waals surface area contributed by atoms with Gasteiger partial charge in [-0.1, -0.05) is 189 Å². The number of pyridine rings is 5. The number of hydrogen-bond acceptors (Lipinski definition) is 6. The molecule has 0 amide bonds. The van der Waals surface area contributed by atoms with Crippen LogP contribution in [0.15, 0.2) is 378 Å². The van der Waals surface area contributed by atoms with Crippen molar-refractivity contribution in [2.75, 3.05) is 0 Å². The van der Waals surface area contributed by atoms with Crippen LogP contribution in [-0.2, 0) is 107 Å². The standard InChI is InChI=1S/C29H18N3.C23H14N3.C19H12N3.C18H10F3N2.C16H11N2S.5Ir/c1-2-7-21(8-3-1)32-27-12-5-4-9-24(27)26-19-20(13-14-28(26)32)22-10-6-11-25-23(22)15-17-31-18-16-30-29(25)31;1-3-9-20-16(6-1)17-7-2-4-10-21(17)26(20)22-11-5-8-19-18(22)12-14-25-15-13-24-23(19)25;1-2-6-17-14(4-1)8-12-22(17)18-7-3-5-16-15(18)9-11-21-13-10-20-19(16)21;19-18(20,21)15-8-4-3-7-14(15)16-11-22-17-13-6-2-1-5-12(13)9-10-23(16)17;1-11-5-6-15(19-11)13-3-2-4-14-12(13)7-9-18-10-8-17-16(14)18;;;;;/h1-10,12-19H;1-7,9-15H;1-4,6-13H;1-5,7-11H;2-3,5-10H,1H3;;;;;/q5*-1;;;;;. The average molecular weight is 2560 g/mol. The van der Waals surface area contributed by atoms with Crippen LogP contribution in [-0.4, -0.2) is 60.6 Å². The number of rotatable bonds is 6. The van der Waals surface area contributed by atoms with Crippen molar-refractivity contribution in [3.05, 3.63) is 419 Å². The molecule has 0 saturated heterocycles. The zero-order chi connectivity index (χ0) is 81.5. The van der Waals surface area contributed by atoms with Gasteiger partial charge in [-0.2, -0.15) is 13.2 Å². The van der Waals surface area contributed by atoms with Crippen LogP contribution in [0, 0.1) is 37.3 Å². The molecule has 14 aromatic heterocycles. The minimum atomic E-state index is -4.41. The molecule has 0 N–H and O–H groups in total. The maximum atomic E-state index is 13.3. The molecule has 0 aliphatic rings. The van der Waals surface area contributed by atoms with E-state index >= 15 is 0 Å². The van der Waals surface area contributed by atoms with Gasteiger partial charge in [-0.25, -0.2) is 0 Å². The van der Waals surface area contributed by atoms with Crippen molar-refractivity contribution in [1.82, 2.24) is 60.6 Å². The molecule has 26 rings (SSSR count).